The number of anilines is 1. The Kier molecular flexibility index (Phi) is 3.39. The monoisotopic (exact) mass is 228 g/mol. The SMILES string of the molecule is COC(=O)Cc1c(F)cc(N)cc1[N+](=O)[O-]. The summed E-state index contributed by atoms with van der Waals surface area (Å²) >= 11 is 0. The van der Waals surface area contributed by atoms with Crippen LogP contribution in [0.3, 0.4) is 0 Å². The van der Waals surface area contributed by atoms with Crippen molar-refractivity contribution in [1.29, 1.82) is 0 Å². The number of esters is 1. The molecule has 0 aliphatic rings. The summed E-state index contributed by atoms with van der Waals surface area (Å²) in [6.07, 6.45) is -0.501. The smallest absolute Gasteiger partial charge is 0.310 e. The second kappa shape index (κ2) is 4.56. The van der Waals surface area contributed by atoms with Crippen LogP contribution < -0.4 is 5.73 Å². The van der Waals surface area contributed by atoms with Crippen molar-refractivity contribution >= 4 is 17.3 Å². The molecule has 86 valence electrons. The molecule has 0 saturated carbocycles. The maximum absolute atomic E-state index is 13.4. The first-order valence-corrected chi connectivity index (χ1v) is 4.24. The van der Waals surface area contributed by atoms with Gasteiger partial charge in [0.15, 0.2) is 0 Å². The van der Waals surface area contributed by atoms with Gasteiger partial charge in [-0.15, -0.1) is 0 Å². The van der Waals surface area contributed by atoms with Crippen LogP contribution >= 0.6 is 0 Å². The third-order valence-corrected chi connectivity index (χ3v) is 1.94. The van der Waals surface area contributed by atoms with Crippen molar-refractivity contribution in [2.75, 3.05) is 12.8 Å². The molecular formula is C9H9FN2O4. The first-order valence-electron chi connectivity index (χ1n) is 4.24. The second-order valence-corrected chi connectivity index (χ2v) is 3.01. The molecule has 6 nitrogen and oxygen atoms in total. The number of hydrogen-bond acceptors (Lipinski definition) is 5. The number of carbonyl (C=O) groups is 1. The Morgan fingerprint density at radius 2 is 2.25 bits per heavy atom. The number of nitro groups is 1. The Balaban J connectivity index is 3.24. The van der Waals surface area contributed by atoms with Gasteiger partial charge in [-0.3, -0.25) is 14.9 Å². The number of nitro benzene ring substituents is 1. The highest BCUT2D eigenvalue weighted by molar-refractivity contribution is 5.74. The average molecular weight is 228 g/mol. The number of benzene rings is 1. The van der Waals surface area contributed by atoms with Crippen molar-refractivity contribution in [2.24, 2.45) is 0 Å². The van der Waals surface area contributed by atoms with Gasteiger partial charge < -0.3 is 10.5 Å². The third-order valence-electron chi connectivity index (χ3n) is 1.94. The zero-order valence-electron chi connectivity index (χ0n) is 8.40. The van der Waals surface area contributed by atoms with Crippen molar-refractivity contribution in [1.82, 2.24) is 0 Å². The number of nitrogens with two attached hydrogens (primary N) is 1. The molecule has 0 aliphatic carbocycles. The minimum Gasteiger partial charge on any atom is -0.469 e. The fourth-order valence-electron chi connectivity index (χ4n) is 1.20. The standard InChI is InChI=1S/C9H9FN2O4/c1-16-9(13)4-6-7(10)2-5(11)3-8(6)12(14)15/h2-3H,4,11H2,1H3. The fourth-order valence-corrected chi connectivity index (χ4v) is 1.20. The Hall–Kier alpha value is -2.18. The zero-order chi connectivity index (χ0) is 12.3. The lowest BCUT2D eigenvalue weighted by molar-refractivity contribution is -0.385. The number of hydrogen-bond donors (Lipinski definition) is 1. The number of nitrogen functional groups attached to an aromatic ring is 1. The van der Waals surface area contributed by atoms with Crippen molar-refractivity contribution in [2.45, 2.75) is 6.42 Å². The number of ether oxygens (including phenoxy) is 1. The van der Waals surface area contributed by atoms with Gasteiger partial charge in [-0.05, 0) is 6.07 Å². The highest BCUT2D eigenvalue weighted by Crippen LogP contribution is 2.25. The van der Waals surface area contributed by atoms with E-state index in [1.54, 1.807) is 0 Å². The van der Waals surface area contributed by atoms with E-state index in [1.807, 2.05) is 0 Å². The Bertz CT molecular complexity index is 447. The van der Waals surface area contributed by atoms with Crippen molar-refractivity contribution in [3.8, 4) is 0 Å². The Morgan fingerprint density at radius 3 is 2.75 bits per heavy atom. The molecule has 1 aromatic carbocycles. The summed E-state index contributed by atoms with van der Waals surface area (Å²) in [7, 11) is 1.11. The summed E-state index contributed by atoms with van der Waals surface area (Å²) in [5, 5.41) is 10.6. The molecule has 1 rings (SSSR count). The number of nitrogens with zero attached hydrogens (tertiary/aromatic N) is 1. The van der Waals surface area contributed by atoms with Crippen LogP contribution in [0.1, 0.15) is 5.56 Å². The van der Waals surface area contributed by atoms with E-state index in [0.29, 0.717) is 0 Å². The highest BCUT2D eigenvalue weighted by atomic mass is 19.1. The largest absolute Gasteiger partial charge is 0.469 e. The number of halogens is 1. The molecule has 1 aromatic rings. The van der Waals surface area contributed by atoms with E-state index in [9.17, 15) is 19.3 Å². The average Bonchev–Trinajstić information content (AvgIpc) is 2.20. The molecule has 0 amide bonds. The molecule has 0 bridgehead atoms. The van der Waals surface area contributed by atoms with E-state index in [-0.39, 0.29) is 11.3 Å². The minimum atomic E-state index is -0.892. The van der Waals surface area contributed by atoms with E-state index in [0.717, 1.165) is 19.2 Å². The number of carbonyl (C=O) groups excluding carboxylic acids is 1. The molecule has 7 heteroatoms. The van der Waals surface area contributed by atoms with Crippen molar-refractivity contribution < 1.29 is 18.8 Å². The molecule has 0 heterocycles. The van der Waals surface area contributed by atoms with Crippen LogP contribution in [0.2, 0.25) is 0 Å². The van der Waals surface area contributed by atoms with Gasteiger partial charge in [0, 0.05) is 11.8 Å². The molecule has 0 radical (unpaired) electrons. The molecule has 0 unspecified atom stereocenters. The third kappa shape index (κ3) is 2.44. The predicted octanol–water partition coefficient (Wildman–Crippen LogP) is 1.03. The zero-order valence-corrected chi connectivity index (χ0v) is 8.40. The summed E-state index contributed by atoms with van der Waals surface area (Å²) in [4.78, 5) is 20.8. The minimum absolute atomic E-state index is 0.0715. The molecule has 0 aliphatic heterocycles. The number of methoxy groups -OCH3 is 1. The molecule has 0 fully saturated rings. The molecule has 16 heavy (non-hydrogen) atoms. The van der Waals surface area contributed by atoms with Gasteiger partial charge in [0.05, 0.1) is 24.0 Å². The van der Waals surface area contributed by atoms with E-state index < -0.39 is 28.8 Å². The van der Waals surface area contributed by atoms with Gasteiger partial charge in [-0.2, -0.15) is 0 Å². The molecule has 0 spiro atoms. The maximum Gasteiger partial charge on any atom is 0.310 e. The van der Waals surface area contributed by atoms with Crippen LogP contribution in [-0.4, -0.2) is 18.0 Å². The van der Waals surface area contributed by atoms with Crippen LogP contribution in [0.25, 0.3) is 0 Å². The van der Waals surface area contributed by atoms with Gasteiger partial charge in [-0.1, -0.05) is 0 Å². The summed E-state index contributed by atoms with van der Waals surface area (Å²) in [6.45, 7) is 0. The molecular weight excluding hydrogens is 219 g/mol. The first kappa shape index (κ1) is 11.9. The summed E-state index contributed by atoms with van der Waals surface area (Å²) in [6, 6.07) is 1.92. The first-order chi connectivity index (χ1) is 7.45. The summed E-state index contributed by atoms with van der Waals surface area (Å²) in [5.74, 6) is -1.65. The van der Waals surface area contributed by atoms with Gasteiger partial charge >= 0.3 is 5.97 Å². The van der Waals surface area contributed by atoms with Gasteiger partial charge in [-0.25, -0.2) is 4.39 Å². The summed E-state index contributed by atoms with van der Waals surface area (Å²) in [5.41, 5.74) is 4.34. The fraction of sp³-hybridized carbons (Fsp3) is 0.222. The molecule has 0 saturated heterocycles. The quantitative estimate of drug-likeness (QED) is 0.361. The highest BCUT2D eigenvalue weighted by Gasteiger charge is 2.22. The van der Waals surface area contributed by atoms with Gasteiger partial charge in [0.1, 0.15) is 5.82 Å². The normalized spacial score (nSPS) is 9.88. The van der Waals surface area contributed by atoms with E-state index >= 15 is 0 Å². The van der Waals surface area contributed by atoms with Crippen LogP contribution in [0, 0.1) is 15.9 Å². The van der Waals surface area contributed by atoms with E-state index in [2.05, 4.69) is 4.74 Å². The second-order valence-electron chi connectivity index (χ2n) is 3.01. The lowest BCUT2D eigenvalue weighted by Crippen LogP contribution is -2.09. The molecule has 0 aromatic heterocycles. The van der Waals surface area contributed by atoms with Crippen LogP contribution in [0.4, 0.5) is 15.8 Å². The summed E-state index contributed by atoms with van der Waals surface area (Å²) < 4.78 is 17.7. The van der Waals surface area contributed by atoms with Gasteiger partial charge in [0.25, 0.3) is 5.69 Å². The van der Waals surface area contributed by atoms with Crippen LogP contribution in [0.15, 0.2) is 12.1 Å². The Morgan fingerprint density at radius 1 is 1.62 bits per heavy atom. The van der Waals surface area contributed by atoms with Gasteiger partial charge in [0.2, 0.25) is 0 Å². The van der Waals surface area contributed by atoms with Crippen LogP contribution in [0.5, 0.6) is 0 Å². The maximum atomic E-state index is 13.4. The van der Waals surface area contributed by atoms with Crippen molar-refractivity contribution in [3.63, 3.8) is 0 Å². The van der Waals surface area contributed by atoms with Crippen LogP contribution in [-0.2, 0) is 16.0 Å². The van der Waals surface area contributed by atoms with E-state index in [1.165, 1.54) is 0 Å². The predicted molar refractivity (Wildman–Crippen MR) is 53.2 cm³/mol. The van der Waals surface area contributed by atoms with E-state index in [4.69, 9.17) is 5.73 Å². The molecule has 0 atom stereocenters. The molecule has 2 N–H and O–H groups in total. The lowest BCUT2D eigenvalue weighted by Gasteiger charge is -2.04. The topological polar surface area (TPSA) is 95.5 Å². The van der Waals surface area contributed by atoms with Crippen molar-refractivity contribution in [3.05, 3.63) is 33.6 Å². The lowest BCUT2D eigenvalue weighted by atomic mass is 10.1. The Labute approximate surface area is 90.0 Å². The number of rotatable bonds is 3.